The summed E-state index contributed by atoms with van der Waals surface area (Å²) in [4.78, 5) is 0.194. The van der Waals surface area contributed by atoms with Gasteiger partial charge < -0.3 is 9.67 Å². The number of aryl methyl sites for hydroxylation is 2. The maximum absolute atomic E-state index is 12.5. The quantitative estimate of drug-likeness (QED) is 0.845. The minimum absolute atomic E-state index is 0.185. The average Bonchev–Trinajstić information content (AvgIpc) is 3.04. The zero-order valence-electron chi connectivity index (χ0n) is 12.4. The largest absolute Gasteiger partial charge is 0.390 e. The first-order chi connectivity index (χ1) is 9.88. The van der Waals surface area contributed by atoms with Gasteiger partial charge in [-0.25, -0.2) is 8.42 Å². The highest BCUT2D eigenvalue weighted by Crippen LogP contribution is 2.20. The fourth-order valence-corrected chi connectivity index (χ4v) is 3.39. The van der Waals surface area contributed by atoms with Gasteiger partial charge in [-0.1, -0.05) is 0 Å². The second-order valence-corrected chi connectivity index (χ2v) is 6.94. The highest BCUT2D eigenvalue weighted by Gasteiger charge is 2.23. The van der Waals surface area contributed by atoms with Gasteiger partial charge in [0.15, 0.2) is 0 Å². The molecule has 1 N–H and O–H groups in total. The van der Waals surface area contributed by atoms with E-state index in [2.05, 4.69) is 5.10 Å². The average molecular weight is 312 g/mol. The highest BCUT2D eigenvalue weighted by molar-refractivity contribution is 7.89. The molecule has 0 aliphatic rings. The van der Waals surface area contributed by atoms with Gasteiger partial charge in [0.05, 0.1) is 12.8 Å². The van der Waals surface area contributed by atoms with Crippen LogP contribution < -0.4 is 0 Å². The van der Waals surface area contributed by atoms with Crippen LogP contribution in [-0.4, -0.2) is 39.2 Å². The van der Waals surface area contributed by atoms with Gasteiger partial charge in [-0.15, -0.1) is 0 Å². The van der Waals surface area contributed by atoms with Crippen LogP contribution in [0.5, 0.6) is 0 Å². The molecule has 116 valence electrons. The summed E-state index contributed by atoms with van der Waals surface area (Å²) in [5, 5.41) is 13.3. The first-order valence-electron chi connectivity index (χ1n) is 6.62. The van der Waals surface area contributed by atoms with E-state index >= 15 is 0 Å². The van der Waals surface area contributed by atoms with Crippen molar-refractivity contribution in [3.63, 3.8) is 0 Å². The van der Waals surface area contributed by atoms with Crippen LogP contribution in [0.4, 0.5) is 0 Å². The van der Waals surface area contributed by atoms with Crippen molar-refractivity contribution in [2.45, 2.75) is 31.5 Å². The van der Waals surface area contributed by atoms with Crippen molar-refractivity contribution >= 4 is 10.0 Å². The molecular formula is C13H20N4O3S. The Hall–Kier alpha value is -1.64. The van der Waals surface area contributed by atoms with E-state index in [0.717, 1.165) is 5.56 Å². The number of nitrogens with zero attached hydrogens (tertiary/aromatic N) is 4. The Morgan fingerprint density at radius 3 is 2.57 bits per heavy atom. The van der Waals surface area contributed by atoms with Crippen molar-refractivity contribution in [3.05, 3.63) is 35.9 Å². The Labute approximate surface area is 124 Å². The molecule has 0 unspecified atom stereocenters. The molecule has 0 atom stereocenters. The zero-order valence-corrected chi connectivity index (χ0v) is 13.2. The van der Waals surface area contributed by atoms with Gasteiger partial charge in [0.25, 0.3) is 0 Å². The van der Waals surface area contributed by atoms with Crippen molar-refractivity contribution in [3.8, 4) is 0 Å². The van der Waals surface area contributed by atoms with Gasteiger partial charge in [0.2, 0.25) is 10.0 Å². The molecule has 0 amide bonds. The molecule has 2 aromatic rings. The van der Waals surface area contributed by atoms with E-state index in [1.54, 1.807) is 34.9 Å². The molecule has 8 heteroatoms. The first kappa shape index (κ1) is 15.7. The molecule has 2 heterocycles. The summed E-state index contributed by atoms with van der Waals surface area (Å²) >= 11 is 0. The van der Waals surface area contributed by atoms with E-state index in [0.29, 0.717) is 12.2 Å². The van der Waals surface area contributed by atoms with Crippen LogP contribution in [0.15, 0.2) is 29.6 Å². The fraction of sp³-hybridized carbons (Fsp3) is 0.462. The Morgan fingerprint density at radius 2 is 2.10 bits per heavy atom. The Bertz CT molecular complexity index is 696. The molecule has 0 saturated carbocycles. The number of hydrogen-bond acceptors (Lipinski definition) is 4. The minimum Gasteiger partial charge on any atom is -0.390 e. The Balaban J connectivity index is 2.26. The van der Waals surface area contributed by atoms with E-state index in [-0.39, 0.29) is 18.0 Å². The summed E-state index contributed by atoms with van der Waals surface area (Å²) in [6.45, 7) is 2.57. The molecule has 0 fully saturated rings. The molecule has 0 aliphatic carbocycles. The lowest BCUT2D eigenvalue weighted by molar-refractivity contribution is 0.271. The third kappa shape index (κ3) is 3.17. The standard InChI is InChI=1S/C13H20N4O3S/c1-4-17-9-13(5-12(17)10-18)21(19,20)16(3)8-11-6-14-15(2)7-11/h5-7,9,18H,4,8,10H2,1-3H3. The smallest absolute Gasteiger partial charge is 0.244 e. The third-order valence-electron chi connectivity index (χ3n) is 3.34. The SMILES string of the molecule is CCn1cc(S(=O)(=O)N(C)Cc2cnn(C)c2)cc1CO. The van der Waals surface area contributed by atoms with Crippen LogP contribution in [-0.2, 0) is 36.8 Å². The summed E-state index contributed by atoms with van der Waals surface area (Å²) in [6, 6.07) is 1.51. The van der Waals surface area contributed by atoms with Crippen LogP contribution in [0.25, 0.3) is 0 Å². The zero-order chi connectivity index (χ0) is 15.6. The number of sulfonamides is 1. The van der Waals surface area contributed by atoms with E-state index in [1.807, 2.05) is 6.92 Å². The molecule has 0 bridgehead atoms. The molecular weight excluding hydrogens is 292 g/mol. The van der Waals surface area contributed by atoms with E-state index < -0.39 is 10.0 Å². The molecule has 2 aromatic heterocycles. The normalized spacial score (nSPS) is 12.2. The van der Waals surface area contributed by atoms with Crippen molar-refractivity contribution < 1.29 is 13.5 Å². The van der Waals surface area contributed by atoms with Gasteiger partial charge in [-0.05, 0) is 13.0 Å². The predicted molar refractivity (Wildman–Crippen MR) is 77.9 cm³/mol. The molecule has 0 radical (unpaired) electrons. The van der Waals surface area contributed by atoms with Gasteiger partial charge in [-0.2, -0.15) is 9.40 Å². The van der Waals surface area contributed by atoms with Gasteiger partial charge >= 0.3 is 0 Å². The van der Waals surface area contributed by atoms with Gasteiger partial charge in [-0.3, -0.25) is 4.68 Å². The van der Waals surface area contributed by atoms with Crippen molar-refractivity contribution in [2.75, 3.05) is 7.05 Å². The predicted octanol–water partition coefficient (Wildman–Crippen LogP) is 0.554. The first-order valence-corrected chi connectivity index (χ1v) is 8.06. The maximum atomic E-state index is 12.5. The fourth-order valence-electron chi connectivity index (χ4n) is 2.17. The van der Waals surface area contributed by atoms with Crippen LogP contribution in [0.2, 0.25) is 0 Å². The summed E-state index contributed by atoms with van der Waals surface area (Å²) in [6.07, 6.45) is 4.98. The lowest BCUT2D eigenvalue weighted by atomic mass is 10.4. The molecule has 0 spiro atoms. The molecule has 21 heavy (non-hydrogen) atoms. The van der Waals surface area contributed by atoms with Crippen molar-refractivity contribution in [1.29, 1.82) is 0 Å². The second-order valence-electron chi connectivity index (χ2n) is 4.89. The number of aromatic nitrogens is 3. The van der Waals surface area contributed by atoms with Crippen LogP contribution in [0.1, 0.15) is 18.2 Å². The number of aliphatic hydroxyl groups is 1. The van der Waals surface area contributed by atoms with Gasteiger partial charge in [0.1, 0.15) is 4.90 Å². The Kier molecular flexibility index (Phi) is 4.50. The monoisotopic (exact) mass is 312 g/mol. The van der Waals surface area contributed by atoms with Crippen molar-refractivity contribution in [2.24, 2.45) is 7.05 Å². The van der Waals surface area contributed by atoms with Gasteiger partial charge in [0, 0.05) is 50.8 Å². The van der Waals surface area contributed by atoms with Crippen LogP contribution >= 0.6 is 0 Å². The minimum atomic E-state index is -3.59. The lowest BCUT2D eigenvalue weighted by Crippen LogP contribution is -2.26. The molecule has 0 aromatic carbocycles. The van der Waals surface area contributed by atoms with Crippen molar-refractivity contribution in [1.82, 2.24) is 18.7 Å². The second kappa shape index (κ2) is 6.00. The molecule has 2 rings (SSSR count). The number of hydrogen-bond donors (Lipinski definition) is 1. The third-order valence-corrected chi connectivity index (χ3v) is 5.10. The van der Waals surface area contributed by atoms with Crippen LogP contribution in [0, 0.1) is 0 Å². The number of rotatable bonds is 6. The molecule has 0 aliphatic heterocycles. The lowest BCUT2D eigenvalue weighted by Gasteiger charge is -2.15. The molecule has 0 saturated heterocycles. The summed E-state index contributed by atoms with van der Waals surface area (Å²) < 4.78 is 29.7. The summed E-state index contributed by atoms with van der Waals surface area (Å²) in [5.74, 6) is 0. The topological polar surface area (TPSA) is 80.4 Å². The number of aliphatic hydroxyl groups excluding tert-OH is 1. The van der Waals surface area contributed by atoms with E-state index in [4.69, 9.17) is 0 Å². The van der Waals surface area contributed by atoms with E-state index in [1.165, 1.54) is 17.4 Å². The summed E-state index contributed by atoms with van der Waals surface area (Å²) in [7, 11) is -0.269. The van der Waals surface area contributed by atoms with E-state index in [9.17, 15) is 13.5 Å². The molecule has 7 nitrogen and oxygen atoms in total. The summed E-state index contributed by atoms with van der Waals surface area (Å²) in [5.41, 5.74) is 1.41. The Morgan fingerprint density at radius 1 is 1.38 bits per heavy atom. The van der Waals surface area contributed by atoms with Crippen LogP contribution in [0.3, 0.4) is 0 Å². The highest BCUT2D eigenvalue weighted by atomic mass is 32.2. The maximum Gasteiger partial charge on any atom is 0.244 e.